The van der Waals surface area contributed by atoms with E-state index < -0.39 is 18.5 Å². The van der Waals surface area contributed by atoms with E-state index in [0.717, 1.165) is 10.3 Å². The number of hydrogen-bond donors (Lipinski definition) is 2. The Morgan fingerprint density at radius 1 is 1.04 bits per heavy atom. The van der Waals surface area contributed by atoms with Crippen LogP contribution in [0.25, 0.3) is 10.8 Å². The number of aromatic hydroxyl groups is 1. The molecule has 0 fully saturated rings. The first kappa shape index (κ1) is 17.8. The third-order valence-corrected chi connectivity index (χ3v) is 4.63. The summed E-state index contributed by atoms with van der Waals surface area (Å²) in [6, 6.07) is 17.7. The Hall–Kier alpha value is -2.99. The molecule has 2 N–H and O–H groups in total. The average molecular weight is 367 g/mol. The van der Waals surface area contributed by atoms with Crippen molar-refractivity contribution in [2.45, 2.75) is 4.90 Å². The molecule has 1 amide bonds. The summed E-state index contributed by atoms with van der Waals surface area (Å²) in [6.45, 7) is -0.437. The molecule has 26 heavy (non-hydrogen) atoms. The van der Waals surface area contributed by atoms with Gasteiger partial charge in [0.25, 0.3) is 5.91 Å². The number of para-hydroxylation sites is 1. The van der Waals surface area contributed by atoms with Gasteiger partial charge in [-0.15, -0.1) is 11.8 Å². The number of hydrogen-bond acceptors (Lipinski definition) is 5. The fourth-order valence-electron chi connectivity index (χ4n) is 2.56. The Morgan fingerprint density at radius 2 is 1.77 bits per heavy atom. The Balaban J connectivity index is 1.67. The van der Waals surface area contributed by atoms with Crippen LogP contribution in [0.2, 0.25) is 0 Å². The van der Waals surface area contributed by atoms with Crippen LogP contribution in [0.4, 0.5) is 5.69 Å². The van der Waals surface area contributed by atoms with Crippen molar-refractivity contribution in [2.24, 2.45) is 0 Å². The van der Waals surface area contributed by atoms with E-state index in [2.05, 4.69) is 5.32 Å². The molecule has 3 rings (SSSR count). The molecule has 0 atom stereocenters. The molecule has 132 valence electrons. The molecule has 0 aromatic heterocycles. The fourth-order valence-corrected chi connectivity index (χ4v) is 3.12. The highest BCUT2D eigenvalue weighted by Crippen LogP contribution is 2.29. The zero-order valence-corrected chi connectivity index (χ0v) is 14.9. The van der Waals surface area contributed by atoms with E-state index in [1.807, 2.05) is 36.6 Å². The van der Waals surface area contributed by atoms with E-state index in [0.29, 0.717) is 11.1 Å². The molecule has 0 saturated carbocycles. The lowest BCUT2D eigenvalue weighted by atomic mass is 10.1. The fraction of sp³-hybridized carbons (Fsp3) is 0.100. The van der Waals surface area contributed by atoms with Crippen LogP contribution >= 0.6 is 11.8 Å². The highest BCUT2D eigenvalue weighted by Gasteiger charge is 2.16. The van der Waals surface area contributed by atoms with Gasteiger partial charge in [-0.3, -0.25) is 4.79 Å². The molecule has 5 nitrogen and oxygen atoms in total. The van der Waals surface area contributed by atoms with Gasteiger partial charge in [-0.25, -0.2) is 4.79 Å². The number of anilines is 1. The predicted octanol–water partition coefficient (Wildman–Crippen LogP) is 4.06. The number of esters is 1. The lowest BCUT2D eigenvalue weighted by Crippen LogP contribution is -2.21. The van der Waals surface area contributed by atoms with Gasteiger partial charge >= 0.3 is 5.97 Å². The van der Waals surface area contributed by atoms with E-state index in [-0.39, 0.29) is 11.3 Å². The summed E-state index contributed by atoms with van der Waals surface area (Å²) >= 11 is 1.51. The molecule has 0 aliphatic rings. The van der Waals surface area contributed by atoms with Crippen molar-refractivity contribution in [3.8, 4) is 5.75 Å². The average Bonchev–Trinajstić information content (AvgIpc) is 2.67. The molecular weight excluding hydrogens is 350 g/mol. The molecule has 0 spiro atoms. The Morgan fingerprint density at radius 3 is 2.58 bits per heavy atom. The summed E-state index contributed by atoms with van der Waals surface area (Å²) in [4.78, 5) is 25.2. The number of phenols is 1. The molecule has 3 aromatic rings. The third kappa shape index (κ3) is 3.81. The number of ether oxygens (including phenoxy) is 1. The van der Waals surface area contributed by atoms with Crippen molar-refractivity contribution in [2.75, 3.05) is 18.2 Å². The van der Waals surface area contributed by atoms with Crippen molar-refractivity contribution < 1.29 is 19.4 Å². The monoisotopic (exact) mass is 367 g/mol. The number of rotatable bonds is 5. The number of nitrogens with one attached hydrogen (secondary N) is 1. The minimum absolute atomic E-state index is 0.0287. The molecule has 0 radical (unpaired) electrons. The summed E-state index contributed by atoms with van der Waals surface area (Å²) in [5.41, 5.74) is 0.690. The van der Waals surface area contributed by atoms with Crippen molar-refractivity contribution >= 4 is 40.1 Å². The zero-order valence-electron chi connectivity index (χ0n) is 14.1. The molecule has 0 unspecified atom stereocenters. The lowest BCUT2D eigenvalue weighted by molar-refractivity contribution is -0.119. The van der Waals surface area contributed by atoms with Crippen molar-refractivity contribution in [3.05, 3.63) is 66.2 Å². The summed E-state index contributed by atoms with van der Waals surface area (Å²) < 4.78 is 5.05. The van der Waals surface area contributed by atoms with Crippen LogP contribution in [0.1, 0.15) is 10.4 Å². The first-order valence-corrected chi connectivity index (χ1v) is 9.13. The molecule has 3 aromatic carbocycles. The van der Waals surface area contributed by atoms with E-state index in [1.54, 1.807) is 24.3 Å². The summed E-state index contributed by atoms with van der Waals surface area (Å²) in [7, 11) is 0. The minimum Gasteiger partial charge on any atom is -0.506 e. The van der Waals surface area contributed by atoms with Gasteiger partial charge in [-0.2, -0.15) is 0 Å². The van der Waals surface area contributed by atoms with Crippen molar-refractivity contribution in [1.82, 2.24) is 0 Å². The largest absolute Gasteiger partial charge is 0.506 e. The van der Waals surface area contributed by atoms with Gasteiger partial charge in [0, 0.05) is 10.3 Å². The minimum atomic E-state index is -0.749. The molecular formula is C20H17NO4S. The highest BCUT2D eigenvalue weighted by molar-refractivity contribution is 7.98. The van der Waals surface area contributed by atoms with Crippen LogP contribution < -0.4 is 5.32 Å². The Labute approximate surface area is 155 Å². The third-order valence-electron chi connectivity index (χ3n) is 3.84. The smallest absolute Gasteiger partial charge is 0.342 e. The lowest BCUT2D eigenvalue weighted by Gasteiger charge is -2.10. The number of fused-ring (bicyclic) bond motifs is 1. The van der Waals surface area contributed by atoms with Crippen LogP contribution in [-0.2, 0) is 9.53 Å². The maximum Gasteiger partial charge on any atom is 0.342 e. The van der Waals surface area contributed by atoms with Gasteiger partial charge < -0.3 is 15.2 Å². The van der Waals surface area contributed by atoms with Crippen LogP contribution in [0.3, 0.4) is 0 Å². The number of phenolic OH excluding ortho intramolecular Hbond substituents is 1. The quantitative estimate of drug-likeness (QED) is 0.525. The van der Waals surface area contributed by atoms with Crippen LogP contribution in [0.5, 0.6) is 5.75 Å². The summed E-state index contributed by atoms with van der Waals surface area (Å²) in [6.07, 6.45) is 1.91. The standard InChI is InChI=1S/C20H17NO4S/c1-26-17-9-5-4-8-16(17)21-18(22)12-25-20(24)15-11-10-13-6-2-3-7-14(13)19(15)23/h2-11,23H,12H2,1H3,(H,21,22). The van der Waals surface area contributed by atoms with Crippen LogP contribution in [0.15, 0.2) is 65.6 Å². The maximum atomic E-state index is 12.2. The Bertz CT molecular complexity index is 971. The highest BCUT2D eigenvalue weighted by atomic mass is 32.2. The normalized spacial score (nSPS) is 10.5. The van der Waals surface area contributed by atoms with E-state index in [9.17, 15) is 14.7 Å². The van der Waals surface area contributed by atoms with Crippen molar-refractivity contribution in [1.29, 1.82) is 0 Å². The van der Waals surface area contributed by atoms with Crippen molar-refractivity contribution in [3.63, 3.8) is 0 Å². The van der Waals surface area contributed by atoms with E-state index >= 15 is 0 Å². The SMILES string of the molecule is CSc1ccccc1NC(=O)COC(=O)c1ccc2ccccc2c1O. The van der Waals surface area contributed by atoms with Gasteiger partial charge in [0.05, 0.1) is 5.69 Å². The summed E-state index contributed by atoms with van der Waals surface area (Å²) in [5.74, 6) is -1.34. The molecule has 0 aliphatic carbocycles. The summed E-state index contributed by atoms with van der Waals surface area (Å²) in [5, 5.41) is 14.4. The van der Waals surface area contributed by atoms with Crippen LogP contribution in [-0.4, -0.2) is 29.8 Å². The van der Waals surface area contributed by atoms with E-state index in [1.165, 1.54) is 17.8 Å². The van der Waals surface area contributed by atoms with Gasteiger partial charge in [0.15, 0.2) is 6.61 Å². The van der Waals surface area contributed by atoms with Gasteiger partial charge in [0.1, 0.15) is 11.3 Å². The first-order chi connectivity index (χ1) is 12.6. The molecule has 0 saturated heterocycles. The van der Waals surface area contributed by atoms with Crippen LogP contribution in [0, 0.1) is 0 Å². The topological polar surface area (TPSA) is 75.6 Å². The Kier molecular flexibility index (Phi) is 5.43. The van der Waals surface area contributed by atoms with Gasteiger partial charge in [0.2, 0.25) is 0 Å². The molecule has 0 bridgehead atoms. The number of carbonyl (C=O) groups excluding carboxylic acids is 2. The number of amides is 1. The molecule has 0 aliphatic heterocycles. The number of carbonyl (C=O) groups is 2. The maximum absolute atomic E-state index is 12.2. The zero-order chi connectivity index (χ0) is 18.5. The van der Waals surface area contributed by atoms with E-state index in [4.69, 9.17) is 4.74 Å². The predicted molar refractivity (Wildman–Crippen MR) is 103 cm³/mol. The second kappa shape index (κ2) is 7.93. The second-order valence-corrected chi connectivity index (χ2v) is 6.36. The second-order valence-electron chi connectivity index (χ2n) is 5.51. The first-order valence-electron chi connectivity index (χ1n) is 7.91. The number of benzene rings is 3. The van der Waals surface area contributed by atoms with Gasteiger partial charge in [-0.05, 0) is 29.8 Å². The van der Waals surface area contributed by atoms with Gasteiger partial charge in [-0.1, -0.05) is 42.5 Å². The molecule has 6 heteroatoms. The molecule has 0 heterocycles. The number of thioether (sulfide) groups is 1.